The summed E-state index contributed by atoms with van der Waals surface area (Å²) in [5.74, 6) is -0.0708. The van der Waals surface area contributed by atoms with Crippen LogP contribution in [0, 0.1) is 6.92 Å². The van der Waals surface area contributed by atoms with Crippen molar-refractivity contribution in [1.82, 2.24) is 10.3 Å². The average molecular weight is 307 g/mol. The number of aryl methyl sites for hydroxylation is 1. The van der Waals surface area contributed by atoms with E-state index in [0.29, 0.717) is 5.56 Å². The number of hydrogen-bond acceptors (Lipinski definition) is 2. The van der Waals surface area contributed by atoms with Crippen LogP contribution in [0.15, 0.2) is 28.7 Å². The smallest absolute Gasteiger partial charge is 0.253 e. The van der Waals surface area contributed by atoms with Crippen molar-refractivity contribution in [2.75, 3.05) is 0 Å². The van der Waals surface area contributed by atoms with Crippen molar-refractivity contribution >= 4 is 32.7 Å². The second kappa shape index (κ2) is 5.06. The summed E-state index contributed by atoms with van der Waals surface area (Å²) in [6, 6.07) is 7.78. The molecular weight excluding hydrogens is 292 g/mol. The summed E-state index contributed by atoms with van der Waals surface area (Å²) in [5.41, 5.74) is 2.32. The molecule has 1 aromatic heterocycles. The molecule has 0 unspecified atom stereocenters. The van der Waals surface area contributed by atoms with Gasteiger partial charge in [-0.1, -0.05) is 18.2 Å². The van der Waals surface area contributed by atoms with Gasteiger partial charge >= 0.3 is 0 Å². The van der Waals surface area contributed by atoms with Crippen molar-refractivity contribution in [2.45, 2.75) is 26.8 Å². The van der Waals surface area contributed by atoms with Crippen LogP contribution in [0.3, 0.4) is 0 Å². The van der Waals surface area contributed by atoms with Gasteiger partial charge in [0.05, 0.1) is 21.2 Å². The lowest BCUT2D eigenvalue weighted by molar-refractivity contribution is 0.0944. The largest absolute Gasteiger partial charge is 0.350 e. The fourth-order valence-electron chi connectivity index (χ4n) is 1.87. The molecule has 2 rings (SSSR count). The van der Waals surface area contributed by atoms with Crippen LogP contribution in [0.2, 0.25) is 0 Å². The van der Waals surface area contributed by atoms with E-state index in [2.05, 4.69) is 26.2 Å². The first-order valence-electron chi connectivity index (χ1n) is 5.86. The quantitative estimate of drug-likeness (QED) is 0.923. The molecule has 0 saturated heterocycles. The highest BCUT2D eigenvalue weighted by molar-refractivity contribution is 9.10. The SMILES string of the molecule is Cc1nc2ccccc2c(C(=O)NC(C)C)c1Br. The van der Waals surface area contributed by atoms with Gasteiger partial charge in [0.15, 0.2) is 0 Å². The fraction of sp³-hybridized carbons (Fsp3) is 0.286. The van der Waals surface area contributed by atoms with Crippen molar-refractivity contribution in [3.05, 3.63) is 40.0 Å². The third kappa shape index (κ3) is 2.38. The molecule has 2 aromatic rings. The molecule has 1 amide bonds. The highest BCUT2D eigenvalue weighted by Gasteiger charge is 2.17. The lowest BCUT2D eigenvalue weighted by Crippen LogP contribution is -2.30. The zero-order valence-electron chi connectivity index (χ0n) is 10.6. The van der Waals surface area contributed by atoms with E-state index >= 15 is 0 Å². The molecule has 0 saturated carbocycles. The Bertz CT molecular complexity index is 608. The first-order valence-corrected chi connectivity index (χ1v) is 6.65. The molecule has 4 heteroatoms. The number of pyridine rings is 1. The summed E-state index contributed by atoms with van der Waals surface area (Å²) >= 11 is 3.47. The Balaban J connectivity index is 2.67. The number of halogens is 1. The molecule has 0 fully saturated rings. The van der Waals surface area contributed by atoms with E-state index in [1.165, 1.54) is 0 Å². The predicted octanol–water partition coefficient (Wildman–Crippen LogP) is 3.44. The Morgan fingerprint density at radius 1 is 1.33 bits per heavy atom. The van der Waals surface area contributed by atoms with Crippen molar-refractivity contribution < 1.29 is 4.79 Å². The van der Waals surface area contributed by atoms with E-state index in [4.69, 9.17) is 0 Å². The summed E-state index contributed by atoms with van der Waals surface area (Å²) in [6.45, 7) is 5.78. The van der Waals surface area contributed by atoms with Gasteiger partial charge in [0, 0.05) is 11.4 Å². The molecule has 0 bridgehead atoms. The van der Waals surface area contributed by atoms with Crippen LogP contribution in [0.5, 0.6) is 0 Å². The van der Waals surface area contributed by atoms with Gasteiger partial charge in [-0.2, -0.15) is 0 Å². The van der Waals surface area contributed by atoms with Gasteiger partial charge in [-0.15, -0.1) is 0 Å². The van der Waals surface area contributed by atoms with Gasteiger partial charge in [-0.3, -0.25) is 9.78 Å². The Morgan fingerprint density at radius 2 is 2.00 bits per heavy atom. The Labute approximate surface area is 115 Å². The number of fused-ring (bicyclic) bond motifs is 1. The molecule has 0 spiro atoms. The number of carbonyl (C=O) groups is 1. The maximum absolute atomic E-state index is 12.3. The van der Waals surface area contributed by atoms with E-state index in [1.54, 1.807) is 0 Å². The normalized spacial score (nSPS) is 10.9. The van der Waals surface area contributed by atoms with Gasteiger partial charge < -0.3 is 5.32 Å². The summed E-state index contributed by atoms with van der Waals surface area (Å²) in [7, 11) is 0. The first-order chi connectivity index (χ1) is 8.50. The number of hydrogen-bond donors (Lipinski definition) is 1. The highest BCUT2D eigenvalue weighted by atomic mass is 79.9. The Morgan fingerprint density at radius 3 is 2.67 bits per heavy atom. The Kier molecular flexibility index (Phi) is 3.66. The number of rotatable bonds is 2. The maximum Gasteiger partial charge on any atom is 0.253 e. The predicted molar refractivity (Wildman–Crippen MR) is 76.8 cm³/mol. The zero-order valence-corrected chi connectivity index (χ0v) is 12.2. The Hall–Kier alpha value is -1.42. The van der Waals surface area contributed by atoms with Gasteiger partial charge in [0.25, 0.3) is 5.91 Å². The van der Waals surface area contributed by atoms with Crippen LogP contribution in [0.1, 0.15) is 29.9 Å². The molecule has 0 aliphatic carbocycles. The number of benzene rings is 1. The molecule has 1 aromatic carbocycles. The monoisotopic (exact) mass is 306 g/mol. The highest BCUT2D eigenvalue weighted by Crippen LogP contribution is 2.27. The zero-order chi connectivity index (χ0) is 13.3. The lowest BCUT2D eigenvalue weighted by Gasteiger charge is -2.13. The molecule has 18 heavy (non-hydrogen) atoms. The average Bonchev–Trinajstić information content (AvgIpc) is 2.29. The van der Waals surface area contributed by atoms with Crippen LogP contribution in [0.25, 0.3) is 10.9 Å². The summed E-state index contributed by atoms with van der Waals surface area (Å²) in [5, 5.41) is 3.79. The number of nitrogens with one attached hydrogen (secondary N) is 1. The van der Waals surface area contributed by atoms with Crippen LogP contribution < -0.4 is 5.32 Å². The molecule has 0 radical (unpaired) electrons. The summed E-state index contributed by atoms with van der Waals surface area (Å²) < 4.78 is 0.763. The lowest BCUT2D eigenvalue weighted by atomic mass is 10.1. The maximum atomic E-state index is 12.3. The van der Waals surface area contributed by atoms with Gasteiger partial charge in [0.2, 0.25) is 0 Å². The number of nitrogens with zero attached hydrogens (tertiary/aromatic N) is 1. The van der Waals surface area contributed by atoms with Crippen LogP contribution >= 0.6 is 15.9 Å². The van der Waals surface area contributed by atoms with E-state index in [1.807, 2.05) is 45.0 Å². The van der Waals surface area contributed by atoms with E-state index in [-0.39, 0.29) is 11.9 Å². The van der Waals surface area contributed by atoms with Gasteiger partial charge in [-0.05, 0) is 42.8 Å². The van der Waals surface area contributed by atoms with Crippen LogP contribution in [-0.2, 0) is 0 Å². The standard InChI is InChI=1S/C14H15BrN2O/c1-8(2)16-14(18)12-10-6-4-5-7-11(10)17-9(3)13(12)15/h4-8H,1-3H3,(H,16,18). The van der Waals surface area contributed by atoms with Crippen molar-refractivity contribution in [3.8, 4) is 0 Å². The number of carbonyl (C=O) groups excluding carboxylic acids is 1. The summed E-state index contributed by atoms with van der Waals surface area (Å²) in [4.78, 5) is 16.7. The molecule has 0 atom stereocenters. The minimum atomic E-state index is -0.0708. The third-order valence-corrected chi connectivity index (χ3v) is 3.62. The van der Waals surface area contributed by atoms with E-state index in [9.17, 15) is 4.79 Å². The second-order valence-electron chi connectivity index (χ2n) is 4.53. The third-order valence-electron chi connectivity index (χ3n) is 2.65. The van der Waals surface area contributed by atoms with Crippen LogP contribution in [0.4, 0.5) is 0 Å². The topological polar surface area (TPSA) is 42.0 Å². The molecule has 0 aliphatic heterocycles. The van der Waals surface area contributed by atoms with Gasteiger partial charge in [0.1, 0.15) is 0 Å². The molecule has 1 heterocycles. The number of amides is 1. The van der Waals surface area contributed by atoms with E-state index in [0.717, 1.165) is 21.1 Å². The molecule has 3 nitrogen and oxygen atoms in total. The fourth-order valence-corrected chi connectivity index (χ4v) is 2.35. The first kappa shape index (κ1) is 13.0. The molecule has 1 N–H and O–H groups in total. The van der Waals surface area contributed by atoms with Crippen molar-refractivity contribution in [1.29, 1.82) is 0 Å². The molecular formula is C14H15BrN2O. The molecule has 94 valence electrons. The van der Waals surface area contributed by atoms with Crippen molar-refractivity contribution in [2.24, 2.45) is 0 Å². The number of para-hydroxylation sites is 1. The molecule has 0 aliphatic rings. The summed E-state index contributed by atoms with van der Waals surface area (Å²) in [6.07, 6.45) is 0. The minimum Gasteiger partial charge on any atom is -0.350 e. The number of aromatic nitrogens is 1. The van der Waals surface area contributed by atoms with Gasteiger partial charge in [-0.25, -0.2) is 0 Å². The minimum absolute atomic E-state index is 0.0708. The van der Waals surface area contributed by atoms with Crippen LogP contribution in [-0.4, -0.2) is 16.9 Å². The second-order valence-corrected chi connectivity index (χ2v) is 5.32. The van der Waals surface area contributed by atoms with E-state index < -0.39 is 0 Å². The van der Waals surface area contributed by atoms with Crippen molar-refractivity contribution in [3.63, 3.8) is 0 Å².